The first-order valence-electron chi connectivity index (χ1n) is 5.90. The van der Waals surface area contributed by atoms with E-state index in [-0.39, 0.29) is 30.1 Å². The fourth-order valence-electron chi connectivity index (χ4n) is 2.36. The lowest BCUT2D eigenvalue weighted by Crippen LogP contribution is -3.00. The van der Waals surface area contributed by atoms with Crippen LogP contribution in [0.1, 0.15) is 38.5 Å². The number of halogens is 2. The van der Waals surface area contributed by atoms with Crippen molar-refractivity contribution < 1.29 is 32.9 Å². The van der Waals surface area contributed by atoms with Crippen LogP contribution in [0.25, 0.3) is 0 Å². The Morgan fingerprint density at radius 1 is 0.867 bits per heavy atom. The Balaban J connectivity index is 0.00000112. The fraction of sp³-hybridized carbons (Fsp3) is 0.909. The highest BCUT2D eigenvalue weighted by atomic mass is 127. The van der Waals surface area contributed by atoms with Crippen LogP contribution in [-0.2, 0) is 0 Å². The van der Waals surface area contributed by atoms with Crippen molar-refractivity contribution in [3.05, 3.63) is 0 Å². The van der Waals surface area contributed by atoms with Gasteiger partial charge in [-0.2, -0.15) is 0 Å². The molecular weight excluding hydrogens is 306 g/mol. The SMILES string of the molecule is FC(N1CCCCC1)=[N+]1CCCCC1.[I-]. The van der Waals surface area contributed by atoms with Crippen molar-refractivity contribution in [1.29, 1.82) is 0 Å². The number of rotatable bonds is 0. The van der Waals surface area contributed by atoms with E-state index in [9.17, 15) is 4.39 Å². The van der Waals surface area contributed by atoms with E-state index in [1.165, 1.54) is 12.8 Å². The van der Waals surface area contributed by atoms with Gasteiger partial charge in [0.15, 0.2) is 0 Å². The lowest BCUT2D eigenvalue weighted by Gasteiger charge is -2.22. The summed E-state index contributed by atoms with van der Waals surface area (Å²) >= 11 is 0. The van der Waals surface area contributed by atoms with E-state index in [0.29, 0.717) is 0 Å². The Morgan fingerprint density at radius 2 is 1.40 bits per heavy atom. The van der Waals surface area contributed by atoms with Crippen molar-refractivity contribution in [2.75, 3.05) is 26.2 Å². The van der Waals surface area contributed by atoms with Crippen molar-refractivity contribution in [1.82, 2.24) is 4.90 Å². The van der Waals surface area contributed by atoms with Gasteiger partial charge in [-0.15, -0.1) is 4.39 Å². The average Bonchev–Trinajstić information content (AvgIpc) is 2.30. The zero-order chi connectivity index (χ0) is 9.80. The summed E-state index contributed by atoms with van der Waals surface area (Å²) in [6.07, 6.45) is 7.20. The van der Waals surface area contributed by atoms with Crippen LogP contribution in [0.2, 0.25) is 0 Å². The maximum atomic E-state index is 13.9. The Bertz CT molecular complexity index is 217. The molecule has 0 spiro atoms. The highest BCUT2D eigenvalue weighted by Crippen LogP contribution is 2.12. The number of likely N-dealkylation sites (tertiary alicyclic amines) is 1. The number of amidine groups is 1. The summed E-state index contributed by atoms with van der Waals surface area (Å²) in [5, 5.41) is 0. The molecule has 2 saturated heterocycles. The molecule has 0 aliphatic carbocycles. The summed E-state index contributed by atoms with van der Waals surface area (Å²) in [6, 6.07) is 0. The standard InChI is InChI=1S/C11H20FN2.HI/c12-11(13-7-3-1-4-8-13)14-9-5-2-6-10-14;/h1-10H2;1H/q+1;/p-1. The van der Waals surface area contributed by atoms with Gasteiger partial charge in [-0.25, -0.2) is 9.48 Å². The molecule has 2 aliphatic heterocycles. The van der Waals surface area contributed by atoms with Gasteiger partial charge in [-0.05, 0) is 38.5 Å². The van der Waals surface area contributed by atoms with Crippen LogP contribution in [0.3, 0.4) is 0 Å². The summed E-state index contributed by atoms with van der Waals surface area (Å²) in [7, 11) is 0. The third-order valence-electron chi connectivity index (χ3n) is 3.23. The second-order valence-corrected chi connectivity index (χ2v) is 4.36. The van der Waals surface area contributed by atoms with Crippen molar-refractivity contribution in [2.45, 2.75) is 38.5 Å². The molecule has 4 heteroatoms. The monoisotopic (exact) mass is 326 g/mol. The van der Waals surface area contributed by atoms with Gasteiger partial charge in [-0.1, -0.05) is 0 Å². The number of nitrogens with zero attached hydrogens (tertiary/aromatic N) is 2. The van der Waals surface area contributed by atoms with Gasteiger partial charge in [-0.3, -0.25) is 0 Å². The van der Waals surface area contributed by atoms with E-state index in [1.54, 1.807) is 0 Å². The van der Waals surface area contributed by atoms with Gasteiger partial charge in [0.05, 0.1) is 26.2 Å². The summed E-state index contributed by atoms with van der Waals surface area (Å²) in [5.41, 5.74) is 0. The smallest absolute Gasteiger partial charge is 0.435 e. The second-order valence-electron chi connectivity index (χ2n) is 4.36. The minimum Gasteiger partial charge on any atom is -1.00 e. The zero-order valence-corrected chi connectivity index (χ0v) is 11.4. The molecule has 0 unspecified atom stereocenters. The normalized spacial score (nSPS) is 22.2. The highest BCUT2D eigenvalue weighted by molar-refractivity contribution is 5.67. The van der Waals surface area contributed by atoms with E-state index >= 15 is 0 Å². The number of hydrogen-bond acceptors (Lipinski definition) is 0. The van der Waals surface area contributed by atoms with Crippen LogP contribution in [0.5, 0.6) is 0 Å². The van der Waals surface area contributed by atoms with Crippen molar-refractivity contribution in [3.8, 4) is 0 Å². The molecule has 0 amide bonds. The fourth-order valence-corrected chi connectivity index (χ4v) is 2.36. The zero-order valence-electron chi connectivity index (χ0n) is 9.22. The third kappa shape index (κ3) is 3.57. The van der Waals surface area contributed by atoms with Gasteiger partial charge < -0.3 is 24.0 Å². The molecule has 15 heavy (non-hydrogen) atoms. The molecule has 0 atom stereocenters. The van der Waals surface area contributed by atoms with Crippen LogP contribution in [0, 0.1) is 0 Å². The summed E-state index contributed by atoms with van der Waals surface area (Å²) in [5.74, 6) is 0. The van der Waals surface area contributed by atoms with Crippen LogP contribution < -0.4 is 24.0 Å². The maximum Gasteiger partial charge on any atom is 0.435 e. The molecule has 0 aromatic carbocycles. The van der Waals surface area contributed by atoms with Crippen LogP contribution in [0.15, 0.2) is 0 Å². The van der Waals surface area contributed by atoms with E-state index < -0.39 is 0 Å². The third-order valence-corrected chi connectivity index (χ3v) is 3.23. The van der Waals surface area contributed by atoms with E-state index in [2.05, 4.69) is 0 Å². The maximum absolute atomic E-state index is 13.9. The lowest BCUT2D eigenvalue weighted by atomic mass is 10.1. The predicted molar refractivity (Wildman–Crippen MR) is 55.4 cm³/mol. The molecular formula is C11H20FIN2. The molecule has 2 aliphatic rings. The molecule has 2 rings (SSSR count). The molecule has 2 fully saturated rings. The largest absolute Gasteiger partial charge is 1.00 e. The topological polar surface area (TPSA) is 6.25 Å². The van der Waals surface area contributed by atoms with Gasteiger partial charge in [0.2, 0.25) is 0 Å². The number of hydrogen-bond donors (Lipinski definition) is 0. The first-order chi connectivity index (χ1) is 6.88. The van der Waals surface area contributed by atoms with Crippen LogP contribution in [0.4, 0.5) is 4.39 Å². The first kappa shape index (κ1) is 13.2. The first-order valence-corrected chi connectivity index (χ1v) is 5.90. The van der Waals surface area contributed by atoms with Gasteiger partial charge in [0.25, 0.3) is 0 Å². The molecule has 0 N–H and O–H groups in total. The molecule has 0 aromatic heterocycles. The molecule has 0 saturated carbocycles. The molecule has 2 nitrogen and oxygen atoms in total. The van der Waals surface area contributed by atoms with Crippen LogP contribution in [-0.4, -0.2) is 41.7 Å². The van der Waals surface area contributed by atoms with Crippen molar-refractivity contribution in [2.24, 2.45) is 0 Å². The molecule has 2 heterocycles. The lowest BCUT2D eigenvalue weighted by molar-refractivity contribution is -0.547. The quantitative estimate of drug-likeness (QED) is 0.240. The van der Waals surface area contributed by atoms with Gasteiger partial charge in [0, 0.05) is 0 Å². The Labute approximate surface area is 109 Å². The van der Waals surface area contributed by atoms with Gasteiger partial charge in [0.1, 0.15) is 0 Å². The molecule has 0 bridgehead atoms. The minimum absolute atomic E-state index is 0. The predicted octanol–water partition coefficient (Wildman–Crippen LogP) is -1.00. The Hall–Kier alpha value is 0.130. The second kappa shape index (κ2) is 6.66. The van der Waals surface area contributed by atoms with Crippen molar-refractivity contribution >= 4 is 6.09 Å². The van der Waals surface area contributed by atoms with Gasteiger partial charge >= 0.3 is 6.09 Å². The highest BCUT2D eigenvalue weighted by Gasteiger charge is 2.25. The number of piperidine rings is 2. The average molecular weight is 326 g/mol. The van der Waals surface area contributed by atoms with Crippen LogP contribution >= 0.6 is 0 Å². The Morgan fingerprint density at radius 3 is 2.00 bits per heavy atom. The minimum atomic E-state index is 0. The summed E-state index contributed by atoms with van der Waals surface area (Å²) < 4.78 is 15.9. The van der Waals surface area contributed by atoms with E-state index in [1.807, 2.05) is 9.48 Å². The van der Waals surface area contributed by atoms with Crippen molar-refractivity contribution in [3.63, 3.8) is 0 Å². The van der Waals surface area contributed by atoms with E-state index in [4.69, 9.17) is 0 Å². The molecule has 0 aromatic rings. The molecule has 88 valence electrons. The Kier molecular flexibility index (Phi) is 5.86. The van der Waals surface area contributed by atoms with E-state index in [0.717, 1.165) is 51.9 Å². The summed E-state index contributed by atoms with van der Waals surface area (Å²) in [6.45, 7) is 3.68. The molecule has 0 radical (unpaired) electrons. The summed E-state index contributed by atoms with van der Waals surface area (Å²) in [4.78, 5) is 1.93.